The number of hydrogen-bond donors (Lipinski definition) is 1. The van der Waals surface area contributed by atoms with E-state index in [9.17, 15) is 4.79 Å². The quantitative estimate of drug-likeness (QED) is 0.778. The van der Waals surface area contributed by atoms with Crippen molar-refractivity contribution in [1.29, 1.82) is 0 Å². The van der Waals surface area contributed by atoms with Gasteiger partial charge in [0.1, 0.15) is 18.6 Å². The van der Waals surface area contributed by atoms with Crippen molar-refractivity contribution in [1.82, 2.24) is 20.2 Å². The van der Waals surface area contributed by atoms with E-state index in [1.807, 2.05) is 18.2 Å². The van der Waals surface area contributed by atoms with E-state index in [2.05, 4.69) is 20.8 Å². The van der Waals surface area contributed by atoms with Crippen molar-refractivity contribution < 1.29 is 9.53 Å². The van der Waals surface area contributed by atoms with Crippen molar-refractivity contribution in [2.45, 2.75) is 6.54 Å². The highest BCUT2D eigenvalue weighted by Crippen LogP contribution is 2.33. The summed E-state index contributed by atoms with van der Waals surface area (Å²) in [5.41, 5.74) is 0.533. The lowest BCUT2D eigenvalue weighted by molar-refractivity contribution is -0.116. The fourth-order valence-electron chi connectivity index (χ4n) is 1.89. The first-order valence-corrected chi connectivity index (χ1v) is 7.12. The minimum Gasteiger partial charge on any atom is -0.454 e. The number of nitrogens with zero attached hydrogens (tertiary/aromatic N) is 4. The maximum absolute atomic E-state index is 12.0. The molecule has 0 aliphatic carbocycles. The summed E-state index contributed by atoms with van der Waals surface area (Å²) in [6.45, 7) is 0.00737. The molecule has 116 valence electrons. The lowest BCUT2D eigenvalue weighted by Gasteiger charge is -2.12. The van der Waals surface area contributed by atoms with Gasteiger partial charge in [-0.1, -0.05) is 35.9 Å². The minimum atomic E-state index is -0.271. The van der Waals surface area contributed by atoms with Gasteiger partial charge in [-0.05, 0) is 34.7 Å². The van der Waals surface area contributed by atoms with Crippen molar-refractivity contribution >= 4 is 23.2 Å². The molecule has 0 radical (unpaired) electrons. The average molecular weight is 330 g/mol. The van der Waals surface area contributed by atoms with Gasteiger partial charge in [0.05, 0.1) is 10.7 Å². The summed E-state index contributed by atoms with van der Waals surface area (Å²) in [5, 5.41) is 13.9. The summed E-state index contributed by atoms with van der Waals surface area (Å²) in [5.74, 6) is 0.731. The number of carbonyl (C=O) groups is 1. The van der Waals surface area contributed by atoms with Crippen LogP contribution < -0.4 is 10.1 Å². The van der Waals surface area contributed by atoms with Crippen LogP contribution in [0.15, 0.2) is 54.9 Å². The van der Waals surface area contributed by atoms with Crippen LogP contribution in [0.2, 0.25) is 5.02 Å². The minimum absolute atomic E-state index is 0.00737. The van der Waals surface area contributed by atoms with Crippen LogP contribution in [-0.4, -0.2) is 26.1 Å². The highest BCUT2D eigenvalue weighted by Gasteiger charge is 2.10. The van der Waals surface area contributed by atoms with E-state index < -0.39 is 0 Å². The van der Waals surface area contributed by atoms with E-state index in [4.69, 9.17) is 16.3 Å². The van der Waals surface area contributed by atoms with E-state index in [1.54, 1.807) is 30.3 Å². The van der Waals surface area contributed by atoms with Gasteiger partial charge in [0, 0.05) is 0 Å². The number of anilines is 1. The van der Waals surface area contributed by atoms with Crippen LogP contribution >= 0.6 is 11.6 Å². The number of tetrazole rings is 1. The number of hydrogen-bond acceptors (Lipinski definition) is 5. The molecule has 0 fully saturated rings. The van der Waals surface area contributed by atoms with Gasteiger partial charge in [-0.15, -0.1) is 5.10 Å². The Balaban J connectivity index is 1.75. The number of nitrogens with one attached hydrogen (secondary N) is 1. The number of carbonyl (C=O) groups excluding carboxylic acids is 1. The molecule has 0 aliphatic heterocycles. The lowest BCUT2D eigenvalue weighted by Crippen LogP contribution is -2.19. The van der Waals surface area contributed by atoms with Crippen LogP contribution in [0.5, 0.6) is 11.5 Å². The molecule has 23 heavy (non-hydrogen) atoms. The normalized spacial score (nSPS) is 10.3. The first-order valence-electron chi connectivity index (χ1n) is 6.74. The van der Waals surface area contributed by atoms with Crippen molar-refractivity contribution in [3.63, 3.8) is 0 Å². The number of rotatable bonds is 5. The second-order valence-electron chi connectivity index (χ2n) is 4.58. The fraction of sp³-hybridized carbons (Fsp3) is 0.0667. The van der Waals surface area contributed by atoms with Crippen molar-refractivity contribution in [3.05, 3.63) is 59.9 Å². The van der Waals surface area contributed by atoms with Gasteiger partial charge in [-0.2, -0.15) is 0 Å². The summed E-state index contributed by atoms with van der Waals surface area (Å²) in [7, 11) is 0. The smallest absolute Gasteiger partial charge is 0.246 e. The molecule has 0 aliphatic rings. The summed E-state index contributed by atoms with van der Waals surface area (Å²) in [4.78, 5) is 12.0. The summed E-state index contributed by atoms with van der Waals surface area (Å²) in [6, 6.07) is 14.2. The molecule has 2 aromatic carbocycles. The summed E-state index contributed by atoms with van der Waals surface area (Å²) >= 11 is 6.09. The Morgan fingerprint density at radius 1 is 1.13 bits per heavy atom. The maximum Gasteiger partial charge on any atom is 0.246 e. The number of halogens is 1. The predicted octanol–water partition coefficient (Wildman–Crippen LogP) is 2.76. The van der Waals surface area contributed by atoms with Crippen LogP contribution in [0.4, 0.5) is 5.69 Å². The third kappa shape index (κ3) is 3.83. The fourth-order valence-corrected chi connectivity index (χ4v) is 2.07. The summed E-state index contributed by atoms with van der Waals surface area (Å²) in [6.07, 6.45) is 1.37. The molecule has 3 aromatic rings. The zero-order valence-corrected chi connectivity index (χ0v) is 12.6. The zero-order valence-electron chi connectivity index (χ0n) is 11.9. The highest BCUT2D eigenvalue weighted by atomic mass is 35.5. The average Bonchev–Trinajstić information content (AvgIpc) is 3.04. The van der Waals surface area contributed by atoms with Gasteiger partial charge >= 0.3 is 0 Å². The molecule has 1 amide bonds. The second-order valence-corrected chi connectivity index (χ2v) is 4.99. The number of aromatic nitrogens is 4. The molecule has 0 atom stereocenters. The van der Waals surface area contributed by atoms with Crippen molar-refractivity contribution in [2.75, 3.05) is 5.32 Å². The zero-order chi connectivity index (χ0) is 16.1. The largest absolute Gasteiger partial charge is 0.454 e. The number of benzene rings is 2. The van der Waals surface area contributed by atoms with Gasteiger partial charge < -0.3 is 10.1 Å². The van der Waals surface area contributed by atoms with E-state index in [1.165, 1.54) is 11.0 Å². The standard InChI is InChI=1S/C15H12ClN5O2/c16-11-5-1-3-7-13(11)23-14-8-4-2-6-12(14)18-15(22)9-21-10-17-19-20-21/h1-8,10H,9H2,(H,18,22). The van der Waals surface area contributed by atoms with E-state index in [-0.39, 0.29) is 12.5 Å². The molecule has 0 bridgehead atoms. The third-order valence-electron chi connectivity index (χ3n) is 2.91. The van der Waals surface area contributed by atoms with E-state index >= 15 is 0 Å². The molecule has 7 nitrogen and oxygen atoms in total. The Hall–Kier alpha value is -2.93. The molecule has 0 saturated heterocycles. The highest BCUT2D eigenvalue weighted by molar-refractivity contribution is 6.32. The number of amides is 1. The van der Waals surface area contributed by atoms with Crippen LogP contribution in [0.25, 0.3) is 0 Å². The van der Waals surface area contributed by atoms with Crippen LogP contribution in [0.3, 0.4) is 0 Å². The van der Waals surface area contributed by atoms with Gasteiger partial charge in [-0.3, -0.25) is 4.79 Å². The van der Waals surface area contributed by atoms with Crippen molar-refractivity contribution in [2.24, 2.45) is 0 Å². The van der Waals surface area contributed by atoms with Crippen LogP contribution in [0.1, 0.15) is 0 Å². The van der Waals surface area contributed by atoms with E-state index in [0.29, 0.717) is 22.2 Å². The Morgan fingerprint density at radius 3 is 2.61 bits per heavy atom. The van der Waals surface area contributed by atoms with Gasteiger partial charge in [-0.25, -0.2) is 4.68 Å². The molecule has 0 unspecified atom stereocenters. The number of para-hydroxylation sites is 3. The Labute approximate surface area is 136 Å². The van der Waals surface area contributed by atoms with Crippen molar-refractivity contribution in [3.8, 4) is 11.5 Å². The Bertz CT molecular complexity index is 807. The monoisotopic (exact) mass is 329 g/mol. The molecular formula is C15H12ClN5O2. The maximum atomic E-state index is 12.0. The lowest BCUT2D eigenvalue weighted by atomic mass is 10.3. The Morgan fingerprint density at radius 2 is 1.87 bits per heavy atom. The molecule has 1 heterocycles. The molecule has 0 saturated carbocycles. The third-order valence-corrected chi connectivity index (χ3v) is 3.23. The van der Waals surface area contributed by atoms with E-state index in [0.717, 1.165) is 0 Å². The van der Waals surface area contributed by atoms with Gasteiger partial charge in [0.15, 0.2) is 5.75 Å². The first kappa shape index (κ1) is 15.0. The van der Waals surface area contributed by atoms with Gasteiger partial charge in [0.25, 0.3) is 0 Å². The predicted molar refractivity (Wildman–Crippen MR) is 84.4 cm³/mol. The molecule has 3 rings (SSSR count). The number of ether oxygens (including phenoxy) is 1. The van der Waals surface area contributed by atoms with Crippen LogP contribution in [-0.2, 0) is 11.3 Å². The molecule has 0 spiro atoms. The SMILES string of the molecule is O=C(Cn1cnnn1)Nc1ccccc1Oc1ccccc1Cl. The molecule has 1 N–H and O–H groups in total. The summed E-state index contributed by atoms with van der Waals surface area (Å²) < 4.78 is 7.11. The topological polar surface area (TPSA) is 81.9 Å². The molecule has 1 aromatic heterocycles. The second kappa shape index (κ2) is 6.89. The van der Waals surface area contributed by atoms with Gasteiger partial charge in [0.2, 0.25) is 5.91 Å². The molecule has 8 heteroatoms. The first-order chi connectivity index (χ1) is 11.2. The van der Waals surface area contributed by atoms with Crippen LogP contribution in [0, 0.1) is 0 Å². The Kier molecular flexibility index (Phi) is 4.49. The molecular weight excluding hydrogens is 318 g/mol.